The van der Waals surface area contributed by atoms with Gasteiger partial charge >= 0.3 is 0 Å². The summed E-state index contributed by atoms with van der Waals surface area (Å²) < 4.78 is 5.07. The molecule has 0 spiro atoms. The van der Waals surface area contributed by atoms with Crippen LogP contribution in [0.5, 0.6) is 0 Å². The predicted molar refractivity (Wildman–Crippen MR) is 95.1 cm³/mol. The highest BCUT2D eigenvalue weighted by atomic mass is 35.5. The number of anilines is 1. The first-order valence-electron chi connectivity index (χ1n) is 8.01. The van der Waals surface area contributed by atoms with E-state index in [1.807, 2.05) is 41.3 Å². The summed E-state index contributed by atoms with van der Waals surface area (Å²) in [7, 11) is 1.61. The van der Waals surface area contributed by atoms with E-state index in [1.54, 1.807) is 7.11 Å². The molecule has 1 aromatic rings. The molecule has 0 radical (unpaired) electrons. The van der Waals surface area contributed by atoms with Gasteiger partial charge in [-0.25, -0.2) is 0 Å². The van der Waals surface area contributed by atoms with E-state index in [2.05, 4.69) is 11.9 Å². The second-order valence-electron chi connectivity index (χ2n) is 5.78. The van der Waals surface area contributed by atoms with Crippen LogP contribution in [0.25, 0.3) is 0 Å². The van der Waals surface area contributed by atoms with Crippen LogP contribution in [0, 0.1) is 0 Å². The number of benzene rings is 1. The number of carbonyl (C=O) groups excluding carboxylic acids is 1. The molecule has 0 aliphatic heterocycles. The van der Waals surface area contributed by atoms with Gasteiger partial charge in [-0.1, -0.05) is 24.3 Å². The third-order valence-electron chi connectivity index (χ3n) is 4.15. The first kappa shape index (κ1) is 18.0. The van der Waals surface area contributed by atoms with E-state index in [4.69, 9.17) is 16.3 Å². The summed E-state index contributed by atoms with van der Waals surface area (Å²) in [6, 6.07) is 10.0. The zero-order chi connectivity index (χ0) is 16.7. The summed E-state index contributed by atoms with van der Waals surface area (Å²) in [5.74, 6) is 0.0687. The van der Waals surface area contributed by atoms with Crippen LogP contribution in [0.2, 0.25) is 0 Å². The SMILES string of the molecule is C=CCNC1CC(Cl)CC1N(C(=O)CCOC)c1ccccc1. The average molecular weight is 337 g/mol. The van der Waals surface area contributed by atoms with Crippen molar-refractivity contribution in [3.63, 3.8) is 0 Å². The van der Waals surface area contributed by atoms with Gasteiger partial charge in [-0.2, -0.15) is 0 Å². The van der Waals surface area contributed by atoms with E-state index in [9.17, 15) is 4.79 Å². The lowest BCUT2D eigenvalue weighted by Crippen LogP contribution is -2.50. The van der Waals surface area contributed by atoms with E-state index < -0.39 is 0 Å². The molecule has 2 rings (SSSR count). The van der Waals surface area contributed by atoms with Gasteiger partial charge in [0.2, 0.25) is 5.91 Å². The van der Waals surface area contributed by atoms with Crippen molar-refractivity contribution < 1.29 is 9.53 Å². The van der Waals surface area contributed by atoms with Crippen molar-refractivity contribution in [3.05, 3.63) is 43.0 Å². The Morgan fingerprint density at radius 3 is 2.83 bits per heavy atom. The molecular formula is C18H25ClN2O2. The van der Waals surface area contributed by atoms with Gasteiger partial charge < -0.3 is 15.0 Å². The summed E-state index contributed by atoms with van der Waals surface area (Å²) in [6.07, 6.45) is 3.83. The molecule has 1 aliphatic carbocycles. The second kappa shape index (κ2) is 9.06. The van der Waals surface area contributed by atoms with Crippen LogP contribution in [0.15, 0.2) is 43.0 Å². The number of amides is 1. The predicted octanol–water partition coefficient (Wildman–Crippen LogP) is 2.97. The lowest BCUT2D eigenvalue weighted by molar-refractivity contribution is -0.120. The van der Waals surface area contributed by atoms with E-state index >= 15 is 0 Å². The van der Waals surface area contributed by atoms with Crippen LogP contribution in [-0.2, 0) is 9.53 Å². The fourth-order valence-electron chi connectivity index (χ4n) is 3.11. The van der Waals surface area contributed by atoms with Crippen molar-refractivity contribution in [1.82, 2.24) is 5.32 Å². The molecule has 5 heteroatoms. The number of hydrogen-bond donors (Lipinski definition) is 1. The Kier molecular flexibility index (Phi) is 7.09. The van der Waals surface area contributed by atoms with E-state index in [-0.39, 0.29) is 23.4 Å². The number of nitrogens with one attached hydrogen (secondary N) is 1. The Balaban J connectivity index is 2.24. The molecule has 0 saturated heterocycles. The minimum absolute atomic E-state index is 0.0456. The molecule has 0 aromatic heterocycles. The van der Waals surface area contributed by atoms with Crippen molar-refractivity contribution in [2.45, 2.75) is 36.7 Å². The van der Waals surface area contributed by atoms with Gasteiger partial charge in [0.25, 0.3) is 0 Å². The molecule has 3 atom stereocenters. The lowest BCUT2D eigenvalue weighted by atomic mass is 10.1. The number of nitrogens with zero attached hydrogens (tertiary/aromatic N) is 1. The maximum atomic E-state index is 12.8. The highest BCUT2D eigenvalue weighted by Gasteiger charge is 2.39. The summed E-state index contributed by atoms with van der Waals surface area (Å²) in [5, 5.41) is 3.52. The number of ether oxygens (including phenoxy) is 1. The van der Waals surface area contributed by atoms with Crippen LogP contribution in [0.4, 0.5) is 5.69 Å². The van der Waals surface area contributed by atoms with Crippen LogP contribution < -0.4 is 10.2 Å². The third-order valence-corrected chi connectivity index (χ3v) is 4.51. The summed E-state index contributed by atoms with van der Waals surface area (Å²) in [5.41, 5.74) is 0.912. The maximum Gasteiger partial charge on any atom is 0.229 e. The highest BCUT2D eigenvalue weighted by Crippen LogP contribution is 2.32. The fourth-order valence-corrected chi connectivity index (χ4v) is 3.49. The molecule has 1 fully saturated rings. The lowest BCUT2D eigenvalue weighted by Gasteiger charge is -2.33. The Morgan fingerprint density at radius 2 is 2.17 bits per heavy atom. The topological polar surface area (TPSA) is 41.6 Å². The zero-order valence-corrected chi connectivity index (χ0v) is 14.3. The maximum absolute atomic E-state index is 12.8. The molecule has 0 heterocycles. The molecule has 4 nitrogen and oxygen atoms in total. The molecular weight excluding hydrogens is 312 g/mol. The summed E-state index contributed by atoms with van der Waals surface area (Å²) >= 11 is 6.39. The van der Waals surface area contributed by atoms with Crippen LogP contribution in [0.3, 0.4) is 0 Å². The van der Waals surface area contributed by atoms with Gasteiger partial charge in [-0.3, -0.25) is 4.79 Å². The largest absolute Gasteiger partial charge is 0.384 e. The Hall–Kier alpha value is -1.36. The Labute approximate surface area is 143 Å². The second-order valence-corrected chi connectivity index (χ2v) is 6.40. The van der Waals surface area contributed by atoms with Gasteiger partial charge in [-0.05, 0) is 25.0 Å². The van der Waals surface area contributed by atoms with Crippen molar-refractivity contribution in [1.29, 1.82) is 0 Å². The van der Waals surface area contributed by atoms with Gasteiger partial charge in [0.15, 0.2) is 0 Å². The molecule has 23 heavy (non-hydrogen) atoms. The summed E-state index contributed by atoms with van der Waals surface area (Å²) in [4.78, 5) is 14.7. The first-order chi connectivity index (χ1) is 11.2. The highest BCUT2D eigenvalue weighted by molar-refractivity contribution is 6.21. The number of methoxy groups -OCH3 is 1. The van der Waals surface area contributed by atoms with Crippen LogP contribution in [0.1, 0.15) is 19.3 Å². The number of rotatable bonds is 8. The molecule has 0 bridgehead atoms. The summed E-state index contributed by atoms with van der Waals surface area (Å²) in [6.45, 7) is 4.88. The molecule has 1 aromatic carbocycles. The van der Waals surface area contributed by atoms with Crippen molar-refractivity contribution in [3.8, 4) is 0 Å². The number of hydrogen-bond acceptors (Lipinski definition) is 3. The van der Waals surface area contributed by atoms with Crippen LogP contribution >= 0.6 is 11.6 Å². The van der Waals surface area contributed by atoms with Gasteiger partial charge in [0.1, 0.15) is 0 Å². The average Bonchev–Trinajstić information content (AvgIpc) is 2.92. The van der Waals surface area contributed by atoms with Crippen molar-refractivity contribution in [2.24, 2.45) is 0 Å². The fraction of sp³-hybridized carbons (Fsp3) is 0.500. The molecule has 1 aliphatic rings. The number of alkyl halides is 1. The van der Waals surface area contributed by atoms with Gasteiger partial charge in [0, 0.05) is 30.8 Å². The quantitative estimate of drug-likeness (QED) is 0.586. The van der Waals surface area contributed by atoms with Crippen molar-refractivity contribution >= 4 is 23.2 Å². The molecule has 1 saturated carbocycles. The number of carbonyl (C=O) groups is 1. The standard InChI is InChI=1S/C18H25ClN2O2/c1-3-10-20-16-12-14(19)13-17(16)21(18(22)9-11-23-2)15-7-5-4-6-8-15/h3-8,14,16-17,20H,1,9-13H2,2H3. The normalized spacial score (nSPS) is 23.7. The number of para-hydroxylation sites is 1. The van der Waals surface area contributed by atoms with E-state index in [0.29, 0.717) is 19.6 Å². The number of halogens is 1. The van der Waals surface area contributed by atoms with Gasteiger partial charge in [-0.15, -0.1) is 18.2 Å². The molecule has 1 N–H and O–H groups in total. The van der Waals surface area contributed by atoms with Gasteiger partial charge in [0.05, 0.1) is 19.1 Å². The minimum Gasteiger partial charge on any atom is -0.384 e. The van der Waals surface area contributed by atoms with Crippen LogP contribution in [-0.4, -0.2) is 43.6 Å². The first-order valence-corrected chi connectivity index (χ1v) is 8.45. The Morgan fingerprint density at radius 1 is 1.43 bits per heavy atom. The third kappa shape index (κ3) is 4.80. The van der Waals surface area contributed by atoms with E-state index in [1.165, 1.54) is 0 Å². The minimum atomic E-state index is 0.0456. The molecule has 126 valence electrons. The van der Waals surface area contributed by atoms with Crippen molar-refractivity contribution in [2.75, 3.05) is 25.2 Å². The Bertz CT molecular complexity index is 509. The smallest absolute Gasteiger partial charge is 0.229 e. The molecule has 1 amide bonds. The zero-order valence-electron chi connectivity index (χ0n) is 13.6. The monoisotopic (exact) mass is 336 g/mol. The van der Waals surface area contributed by atoms with E-state index in [0.717, 1.165) is 18.5 Å². The molecule has 3 unspecified atom stereocenters.